The van der Waals surface area contributed by atoms with Gasteiger partial charge >= 0.3 is 0 Å². The van der Waals surface area contributed by atoms with Gasteiger partial charge in [0.05, 0.1) is 0 Å². The van der Waals surface area contributed by atoms with Crippen LogP contribution in [0.25, 0.3) is 0 Å². The van der Waals surface area contributed by atoms with Crippen LogP contribution < -0.4 is 4.74 Å². The minimum absolute atomic E-state index is 0.175. The summed E-state index contributed by atoms with van der Waals surface area (Å²) in [5, 5.41) is 9.90. The fourth-order valence-electron chi connectivity index (χ4n) is 3.30. The zero-order valence-corrected chi connectivity index (χ0v) is 13.7. The third-order valence-electron chi connectivity index (χ3n) is 4.73. The van der Waals surface area contributed by atoms with E-state index in [0.29, 0.717) is 11.8 Å². The predicted octanol–water partition coefficient (Wildman–Crippen LogP) is 4.60. The first-order valence-electron chi connectivity index (χ1n) is 8.48. The van der Waals surface area contributed by atoms with E-state index in [9.17, 15) is 5.11 Å². The summed E-state index contributed by atoms with van der Waals surface area (Å²) in [5.41, 5.74) is 1.20. The van der Waals surface area contributed by atoms with Crippen LogP contribution in [0.5, 0.6) is 17.2 Å². The van der Waals surface area contributed by atoms with Gasteiger partial charge < -0.3 is 14.7 Å². The number of aromatic hydroxyl groups is 1. The summed E-state index contributed by atoms with van der Waals surface area (Å²) in [5.74, 6) is 1.52. The molecule has 0 amide bonds. The van der Waals surface area contributed by atoms with Gasteiger partial charge in [-0.3, -0.25) is 0 Å². The van der Waals surface area contributed by atoms with Gasteiger partial charge in [-0.15, -0.1) is 0 Å². The Morgan fingerprint density at radius 3 is 2.57 bits per heavy atom. The molecular formula is C20H25NO2. The Morgan fingerprint density at radius 1 is 1.04 bits per heavy atom. The summed E-state index contributed by atoms with van der Waals surface area (Å²) in [6.45, 7) is 1.21. The highest BCUT2D eigenvalue weighted by Crippen LogP contribution is 2.32. The van der Waals surface area contributed by atoms with E-state index in [4.69, 9.17) is 4.74 Å². The summed E-state index contributed by atoms with van der Waals surface area (Å²) >= 11 is 0. The Bertz CT molecular complexity index is 641. The van der Waals surface area contributed by atoms with E-state index in [0.717, 1.165) is 18.6 Å². The molecule has 1 aliphatic rings. The number of hydrogen-bond donors (Lipinski definition) is 1. The number of para-hydroxylation sites is 3. The van der Waals surface area contributed by atoms with Gasteiger partial charge in [0.1, 0.15) is 5.75 Å². The summed E-state index contributed by atoms with van der Waals surface area (Å²) in [6, 6.07) is 15.9. The first-order chi connectivity index (χ1) is 11.2. The van der Waals surface area contributed by atoms with Gasteiger partial charge in [-0.05, 0) is 63.0 Å². The number of benzene rings is 2. The van der Waals surface area contributed by atoms with Crippen molar-refractivity contribution >= 4 is 0 Å². The first kappa shape index (κ1) is 15.9. The van der Waals surface area contributed by atoms with Crippen molar-refractivity contribution in [3.8, 4) is 17.2 Å². The molecular weight excluding hydrogens is 286 g/mol. The second-order valence-corrected chi connectivity index (χ2v) is 6.35. The van der Waals surface area contributed by atoms with Crippen LogP contribution in [0, 0.1) is 0 Å². The van der Waals surface area contributed by atoms with Gasteiger partial charge in [0.25, 0.3) is 0 Å². The first-order valence-corrected chi connectivity index (χ1v) is 8.48. The molecule has 3 nitrogen and oxygen atoms in total. The molecule has 1 atom stereocenters. The highest BCUT2D eigenvalue weighted by atomic mass is 16.5. The van der Waals surface area contributed by atoms with E-state index >= 15 is 0 Å². The van der Waals surface area contributed by atoms with E-state index in [2.05, 4.69) is 24.1 Å². The topological polar surface area (TPSA) is 32.7 Å². The molecule has 0 bridgehead atoms. The Kier molecular flexibility index (Phi) is 5.19. The van der Waals surface area contributed by atoms with Crippen LogP contribution in [0.4, 0.5) is 0 Å². The van der Waals surface area contributed by atoms with Crippen LogP contribution in [-0.4, -0.2) is 29.6 Å². The number of nitrogens with zero attached hydrogens (tertiary/aromatic N) is 1. The molecule has 1 fully saturated rings. The van der Waals surface area contributed by atoms with Crippen molar-refractivity contribution in [1.82, 2.24) is 4.90 Å². The van der Waals surface area contributed by atoms with Crippen LogP contribution in [0.15, 0.2) is 48.5 Å². The molecule has 0 aliphatic carbocycles. The lowest BCUT2D eigenvalue weighted by Gasteiger charge is -2.32. The van der Waals surface area contributed by atoms with Crippen LogP contribution in [-0.2, 0) is 6.42 Å². The molecule has 1 aliphatic heterocycles. The second-order valence-electron chi connectivity index (χ2n) is 6.35. The number of aryl methyl sites for hydroxylation is 1. The molecule has 0 radical (unpaired) electrons. The van der Waals surface area contributed by atoms with E-state index in [1.807, 2.05) is 18.2 Å². The molecule has 3 rings (SSSR count). The highest BCUT2D eigenvalue weighted by molar-refractivity contribution is 5.44. The lowest BCUT2D eigenvalue weighted by Crippen LogP contribution is -2.36. The van der Waals surface area contributed by atoms with Gasteiger partial charge in [-0.25, -0.2) is 0 Å². The number of phenols is 1. The Hall–Kier alpha value is -2.00. The van der Waals surface area contributed by atoms with Crippen molar-refractivity contribution in [3.05, 3.63) is 54.1 Å². The molecule has 2 aromatic carbocycles. The fourth-order valence-corrected chi connectivity index (χ4v) is 3.30. The standard InChI is InChI=1S/C20H25NO2/c1-21-15-7-6-9-17(21)14-13-16-8-2-4-11-19(16)23-20-12-5-3-10-18(20)22/h2-5,8,10-12,17,22H,6-7,9,13-15H2,1H3. The van der Waals surface area contributed by atoms with Crippen molar-refractivity contribution in [2.75, 3.05) is 13.6 Å². The lowest BCUT2D eigenvalue weighted by atomic mass is 9.96. The van der Waals surface area contributed by atoms with Crippen LogP contribution >= 0.6 is 0 Å². The average molecular weight is 311 g/mol. The van der Waals surface area contributed by atoms with Gasteiger partial charge in [0.2, 0.25) is 0 Å². The Labute approximate surface area is 138 Å². The van der Waals surface area contributed by atoms with Crippen molar-refractivity contribution in [1.29, 1.82) is 0 Å². The van der Waals surface area contributed by atoms with E-state index in [1.165, 1.54) is 31.4 Å². The molecule has 1 heterocycles. The fraction of sp³-hybridized carbons (Fsp3) is 0.400. The van der Waals surface area contributed by atoms with Gasteiger partial charge in [0, 0.05) is 6.04 Å². The molecule has 122 valence electrons. The van der Waals surface area contributed by atoms with Gasteiger partial charge in [-0.2, -0.15) is 0 Å². The number of phenolic OH excluding ortho intramolecular Hbond substituents is 1. The third-order valence-corrected chi connectivity index (χ3v) is 4.73. The zero-order chi connectivity index (χ0) is 16.1. The monoisotopic (exact) mass is 311 g/mol. The second kappa shape index (κ2) is 7.51. The third kappa shape index (κ3) is 4.05. The summed E-state index contributed by atoms with van der Waals surface area (Å²) in [7, 11) is 2.23. The van der Waals surface area contributed by atoms with Crippen molar-refractivity contribution in [2.45, 2.75) is 38.1 Å². The zero-order valence-electron chi connectivity index (χ0n) is 13.7. The molecule has 23 heavy (non-hydrogen) atoms. The molecule has 3 heteroatoms. The normalized spacial score (nSPS) is 18.7. The minimum atomic E-state index is 0.175. The maximum Gasteiger partial charge on any atom is 0.169 e. The molecule has 1 N–H and O–H groups in total. The summed E-state index contributed by atoms with van der Waals surface area (Å²) in [4.78, 5) is 2.48. The molecule has 0 spiro atoms. The smallest absolute Gasteiger partial charge is 0.169 e. The van der Waals surface area contributed by atoms with Crippen LogP contribution in [0.1, 0.15) is 31.2 Å². The van der Waals surface area contributed by atoms with E-state index in [1.54, 1.807) is 18.2 Å². The largest absolute Gasteiger partial charge is 0.504 e. The van der Waals surface area contributed by atoms with Crippen molar-refractivity contribution in [3.63, 3.8) is 0 Å². The molecule has 0 aromatic heterocycles. The maximum atomic E-state index is 9.90. The molecule has 1 saturated heterocycles. The Balaban J connectivity index is 1.69. The minimum Gasteiger partial charge on any atom is -0.504 e. The molecule has 2 aromatic rings. The summed E-state index contributed by atoms with van der Waals surface area (Å²) < 4.78 is 5.94. The number of likely N-dealkylation sites (tertiary alicyclic amines) is 1. The Morgan fingerprint density at radius 2 is 1.78 bits per heavy atom. The van der Waals surface area contributed by atoms with E-state index < -0.39 is 0 Å². The molecule has 1 unspecified atom stereocenters. The number of rotatable bonds is 5. The number of hydrogen-bond acceptors (Lipinski definition) is 3. The quantitative estimate of drug-likeness (QED) is 0.876. The SMILES string of the molecule is CN1CCCCC1CCc1ccccc1Oc1ccccc1O. The van der Waals surface area contributed by atoms with Crippen LogP contribution in [0.2, 0.25) is 0 Å². The van der Waals surface area contributed by atoms with Gasteiger partial charge in [0.15, 0.2) is 11.5 Å². The maximum absolute atomic E-state index is 9.90. The lowest BCUT2D eigenvalue weighted by molar-refractivity contribution is 0.176. The number of piperidine rings is 1. The summed E-state index contributed by atoms with van der Waals surface area (Å²) in [6.07, 6.45) is 6.10. The predicted molar refractivity (Wildman–Crippen MR) is 93.2 cm³/mol. The number of ether oxygens (including phenoxy) is 1. The highest BCUT2D eigenvalue weighted by Gasteiger charge is 2.19. The van der Waals surface area contributed by atoms with E-state index in [-0.39, 0.29) is 5.75 Å². The molecule has 0 saturated carbocycles. The van der Waals surface area contributed by atoms with Crippen molar-refractivity contribution in [2.24, 2.45) is 0 Å². The van der Waals surface area contributed by atoms with Crippen LogP contribution in [0.3, 0.4) is 0 Å². The average Bonchev–Trinajstić information content (AvgIpc) is 2.57. The van der Waals surface area contributed by atoms with Gasteiger partial charge in [-0.1, -0.05) is 36.8 Å². The van der Waals surface area contributed by atoms with Crippen molar-refractivity contribution < 1.29 is 9.84 Å².